The lowest BCUT2D eigenvalue weighted by Crippen LogP contribution is -2.02. The van der Waals surface area contributed by atoms with Crippen LogP contribution in [-0.4, -0.2) is 6.61 Å². The van der Waals surface area contributed by atoms with Crippen molar-refractivity contribution >= 4 is 27.8 Å². The van der Waals surface area contributed by atoms with Crippen LogP contribution in [0.5, 0.6) is 5.75 Å². The van der Waals surface area contributed by atoms with Crippen molar-refractivity contribution in [1.82, 2.24) is 0 Å². The predicted molar refractivity (Wildman–Crippen MR) is 106 cm³/mol. The van der Waals surface area contributed by atoms with Crippen LogP contribution < -0.4 is 10.4 Å². The smallest absolute Gasteiger partial charge is 0.344 e. The van der Waals surface area contributed by atoms with E-state index >= 15 is 0 Å². The molecule has 0 unspecified atom stereocenters. The predicted octanol–water partition coefficient (Wildman–Crippen LogP) is 5.35. The fraction of sp³-hybridized carbons (Fsp3) is 0.0870. The van der Waals surface area contributed by atoms with Gasteiger partial charge in [0.1, 0.15) is 17.9 Å². The Morgan fingerprint density at radius 1 is 0.885 bits per heavy atom. The summed E-state index contributed by atoms with van der Waals surface area (Å²) in [5.41, 5.74) is 2.22. The van der Waals surface area contributed by atoms with Gasteiger partial charge in [0.2, 0.25) is 0 Å². The van der Waals surface area contributed by atoms with Crippen molar-refractivity contribution in [3.8, 4) is 5.75 Å². The van der Waals surface area contributed by atoms with Crippen molar-refractivity contribution in [2.45, 2.75) is 6.92 Å². The summed E-state index contributed by atoms with van der Waals surface area (Å²) in [6.07, 6.45) is 3.99. The van der Waals surface area contributed by atoms with E-state index < -0.39 is 0 Å². The first-order valence-electron chi connectivity index (χ1n) is 8.53. The van der Waals surface area contributed by atoms with Crippen molar-refractivity contribution in [2.75, 3.05) is 6.61 Å². The van der Waals surface area contributed by atoms with Gasteiger partial charge in [-0.1, -0.05) is 54.6 Å². The zero-order valence-electron chi connectivity index (χ0n) is 14.4. The van der Waals surface area contributed by atoms with Crippen molar-refractivity contribution < 1.29 is 9.15 Å². The van der Waals surface area contributed by atoms with E-state index in [9.17, 15) is 4.79 Å². The van der Waals surface area contributed by atoms with Crippen LogP contribution >= 0.6 is 0 Å². The topological polar surface area (TPSA) is 39.4 Å². The molecule has 26 heavy (non-hydrogen) atoms. The van der Waals surface area contributed by atoms with Gasteiger partial charge in [0.05, 0.1) is 5.39 Å². The third-order valence-electron chi connectivity index (χ3n) is 4.43. The van der Waals surface area contributed by atoms with Gasteiger partial charge in [0.25, 0.3) is 0 Å². The molecule has 1 aromatic heterocycles. The number of hydrogen-bond acceptors (Lipinski definition) is 3. The fourth-order valence-corrected chi connectivity index (χ4v) is 3.10. The second kappa shape index (κ2) is 6.89. The monoisotopic (exact) mass is 342 g/mol. The largest absolute Gasteiger partial charge is 0.489 e. The van der Waals surface area contributed by atoms with E-state index in [4.69, 9.17) is 9.15 Å². The Balaban J connectivity index is 1.65. The molecule has 0 aliphatic rings. The summed E-state index contributed by atoms with van der Waals surface area (Å²) >= 11 is 0. The number of benzene rings is 3. The Morgan fingerprint density at radius 2 is 1.62 bits per heavy atom. The van der Waals surface area contributed by atoms with Gasteiger partial charge in [0, 0.05) is 10.9 Å². The second-order valence-corrected chi connectivity index (χ2v) is 6.12. The molecule has 3 heteroatoms. The molecular formula is C23H18O3. The lowest BCUT2D eigenvalue weighted by Gasteiger charge is -2.10. The van der Waals surface area contributed by atoms with Gasteiger partial charge >= 0.3 is 5.63 Å². The van der Waals surface area contributed by atoms with Gasteiger partial charge in [0.15, 0.2) is 0 Å². The van der Waals surface area contributed by atoms with Crippen molar-refractivity contribution in [1.29, 1.82) is 0 Å². The highest BCUT2D eigenvalue weighted by Gasteiger charge is 2.12. The molecule has 3 aromatic carbocycles. The Labute approximate surface area is 151 Å². The summed E-state index contributed by atoms with van der Waals surface area (Å²) in [5.74, 6) is 0.716. The highest BCUT2D eigenvalue weighted by Crippen LogP contribution is 2.30. The van der Waals surface area contributed by atoms with Gasteiger partial charge < -0.3 is 9.15 Å². The number of hydrogen-bond donors (Lipinski definition) is 0. The quantitative estimate of drug-likeness (QED) is 0.371. The Morgan fingerprint density at radius 3 is 2.42 bits per heavy atom. The van der Waals surface area contributed by atoms with Crippen LogP contribution in [-0.2, 0) is 0 Å². The van der Waals surface area contributed by atoms with Crippen LogP contribution in [0.3, 0.4) is 0 Å². The summed E-state index contributed by atoms with van der Waals surface area (Å²) in [5, 5.41) is 2.42. The van der Waals surface area contributed by atoms with Crippen molar-refractivity contribution in [2.24, 2.45) is 0 Å². The minimum absolute atomic E-state index is 0.322. The maximum Gasteiger partial charge on any atom is 0.344 e. The van der Waals surface area contributed by atoms with Gasteiger partial charge in [-0.05, 0) is 42.1 Å². The average molecular weight is 342 g/mol. The number of aryl methyl sites for hydroxylation is 1. The Kier molecular flexibility index (Phi) is 4.28. The molecule has 0 aliphatic heterocycles. The van der Waals surface area contributed by atoms with E-state index in [1.165, 1.54) is 0 Å². The molecule has 0 radical (unpaired) electrons. The first kappa shape index (κ1) is 16.2. The van der Waals surface area contributed by atoms with Crippen LogP contribution in [0.15, 0.2) is 82.0 Å². The first-order valence-corrected chi connectivity index (χ1v) is 8.53. The normalized spacial score (nSPS) is 11.4. The molecule has 0 bridgehead atoms. The first-order chi connectivity index (χ1) is 12.7. The van der Waals surface area contributed by atoms with Crippen molar-refractivity contribution in [3.05, 3.63) is 94.4 Å². The van der Waals surface area contributed by atoms with Crippen LogP contribution in [0.4, 0.5) is 0 Å². The zero-order valence-corrected chi connectivity index (χ0v) is 14.4. The summed E-state index contributed by atoms with van der Waals surface area (Å²) in [7, 11) is 0. The lowest BCUT2D eigenvalue weighted by molar-refractivity contribution is 0.360. The van der Waals surface area contributed by atoms with E-state index in [1.54, 1.807) is 6.07 Å². The molecule has 4 aromatic rings. The zero-order chi connectivity index (χ0) is 17.9. The van der Waals surface area contributed by atoms with E-state index in [1.807, 2.05) is 79.7 Å². The minimum Gasteiger partial charge on any atom is -0.489 e. The molecule has 0 spiro atoms. The minimum atomic E-state index is -0.322. The van der Waals surface area contributed by atoms with Crippen LogP contribution in [0.25, 0.3) is 27.8 Å². The average Bonchev–Trinajstić information content (AvgIpc) is 2.68. The number of ether oxygens (including phenoxy) is 1. The molecule has 0 aliphatic carbocycles. The van der Waals surface area contributed by atoms with Crippen LogP contribution in [0, 0.1) is 6.92 Å². The fourth-order valence-electron chi connectivity index (χ4n) is 3.10. The third-order valence-corrected chi connectivity index (χ3v) is 4.43. The van der Waals surface area contributed by atoms with Crippen molar-refractivity contribution in [3.63, 3.8) is 0 Å². The second-order valence-electron chi connectivity index (χ2n) is 6.12. The summed E-state index contributed by atoms with van der Waals surface area (Å²) in [4.78, 5) is 12.3. The summed E-state index contributed by atoms with van der Waals surface area (Å²) in [6.45, 7) is 2.36. The molecule has 3 nitrogen and oxygen atoms in total. The number of fused-ring (bicyclic) bond motifs is 3. The lowest BCUT2D eigenvalue weighted by atomic mass is 10.0. The molecular weight excluding hydrogens is 324 g/mol. The molecule has 128 valence electrons. The molecule has 0 saturated heterocycles. The molecule has 0 amide bonds. The summed E-state index contributed by atoms with van der Waals surface area (Å²) < 4.78 is 11.4. The maximum absolute atomic E-state index is 12.3. The Hall–Kier alpha value is -3.33. The molecule has 0 fully saturated rings. The van der Waals surface area contributed by atoms with Gasteiger partial charge in [-0.15, -0.1) is 0 Å². The van der Waals surface area contributed by atoms with Gasteiger partial charge in [-0.3, -0.25) is 0 Å². The molecule has 0 N–H and O–H groups in total. The molecule has 0 saturated carbocycles. The summed E-state index contributed by atoms with van der Waals surface area (Å²) in [6, 6.07) is 21.4. The van der Waals surface area contributed by atoms with Gasteiger partial charge in [-0.25, -0.2) is 4.79 Å². The van der Waals surface area contributed by atoms with Crippen LogP contribution in [0.1, 0.15) is 11.1 Å². The molecule has 0 atom stereocenters. The SMILES string of the molecule is Cc1c(OCC=Cc2ccccc2)ccc2c1oc(=O)c1ccccc12. The third kappa shape index (κ3) is 3.00. The highest BCUT2D eigenvalue weighted by atomic mass is 16.5. The molecule has 1 heterocycles. The van der Waals surface area contributed by atoms with E-state index in [-0.39, 0.29) is 5.63 Å². The standard InChI is InChI=1S/C23H18O3/c1-16-21(25-15-7-10-17-8-3-2-4-9-17)14-13-19-18-11-5-6-12-20(18)23(24)26-22(16)19/h2-14H,15H2,1H3. The molecule has 4 rings (SSSR count). The number of rotatable bonds is 4. The van der Waals surface area contributed by atoms with Gasteiger partial charge in [-0.2, -0.15) is 0 Å². The van der Waals surface area contributed by atoms with E-state index in [0.717, 1.165) is 21.9 Å². The van der Waals surface area contributed by atoms with E-state index in [0.29, 0.717) is 23.3 Å². The van der Waals surface area contributed by atoms with Crippen LogP contribution in [0.2, 0.25) is 0 Å². The Bertz CT molecular complexity index is 1150. The maximum atomic E-state index is 12.3. The highest BCUT2D eigenvalue weighted by molar-refractivity contribution is 6.05. The van der Waals surface area contributed by atoms with E-state index in [2.05, 4.69) is 0 Å².